The molecule has 10 heteroatoms. The number of rotatable bonds is 6. The lowest BCUT2D eigenvalue weighted by Crippen LogP contribution is -2.50. The van der Waals surface area contributed by atoms with Gasteiger partial charge in [-0.05, 0) is 54.6 Å². The highest BCUT2D eigenvalue weighted by Gasteiger charge is 2.26. The molecule has 3 aromatic carbocycles. The molecular formula is C25H22ClN3O6. The molecule has 0 aliphatic carbocycles. The highest BCUT2D eigenvalue weighted by molar-refractivity contribution is 6.30. The lowest BCUT2D eigenvalue weighted by atomic mass is 10.1. The van der Waals surface area contributed by atoms with Crippen LogP contribution in [-0.4, -0.2) is 59.8 Å². The Kier molecular flexibility index (Phi) is 7.17. The van der Waals surface area contributed by atoms with Crippen molar-refractivity contribution in [3.8, 4) is 17.2 Å². The summed E-state index contributed by atoms with van der Waals surface area (Å²) in [4.78, 5) is 39.8. The molecule has 2 amide bonds. The van der Waals surface area contributed by atoms with Crippen LogP contribution in [-0.2, 0) is 0 Å². The van der Waals surface area contributed by atoms with Crippen molar-refractivity contribution in [2.75, 3.05) is 33.3 Å². The predicted molar refractivity (Wildman–Crippen MR) is 129 cm³/mol. The smallest absolute Gasteiger partial charge is 0.313 e. The minimum absolute atomic E-state index is 0.0512. The molecule has 0 atom stereocenters. The molecule has 0 radical (unpaired) electrons. The van der Waals surface area contributed by atoms with E-state index in [4.69, 9.17) is 21.1 Å². The van der Waals surface area contributed by atoms with Crippen LogP contribution in [0.4, 0.5) is 5.69 Å². The first-order chi connectivity index (χ1) is 16.9. The van der Waals surface area contributed by atoms with Crippen LogP contribution in [0.15, 0.2) is 66.7 Å². The van der Waals surface area contributed by atoms with Gasteiger partial charge in [0.05, 0.1) is 12.0 Å². The van der Waals surface area contributed by atoms with E-state index in [-0.39, 0.29) is 28.3 Å². The Morgan fingerprint density at radius 2 is 1.49 bits per heavy atom. The topological polar surface area (TPSA) is 102 Å². The number of halogens is 1. The normalized spacial score (nSPS) is 13.3. The Labute approximate surface area is 206 Å². The van der Waals surface area contributed by atoms with Crippen LogP contribution in [0.2, 0.25) is 5.02 Å². The maximum Gasteiger partial charge on any atom is 0.313 e. The Balaban J connectivity index is 1.37. The molecule has 1 aliphatic heterocycles. The number of carbonyl (C=O) groups excluding carboxylic acids is 2. The molecule has 9 nitrogen and oxygen atoms in total. The van der Waals surface area contributed by atoms with Gasteiger partial charge in [-0.25, -0.2) is 0 Å². The first kappa shape index (κ1) is 24.0. The fourth-order valence-electron chi connectivity index (χ4n) is 3.75. The third-order valence-corrected chi connectivity index (χ3v) is 5.85. The van der Waals surface area contributed by atoms with Gasteiger partial charge in [0, 0.05) is 48.4 Å². The molecule has 35 heavy (non-hydrogen) atoms. The maximum atomic E-state index is 12.9. The van der Waals surface area contributed by atoms with Gasteiger partial charge in [-0.15, -0.1) is 0 Å². The average Bonchev–Trinajstić information content (AvgIpc) is 2.89. The molecule has 180 valence electrons. The molecule has 1 heterocycles. The van der Waals surface area contributed by atoms with Gasteiger partial charge in [0.15, 0.2) is 0 Å². The van der Waals surface area contributed by atoms with Crippen LogP contribution >= 0.6 is 11.6 Å². The van der Waals surface area contributed by atoms with Crippen LogP contribution in [0.5, 0.6) is 17.2 Å². The van der Waals surface area contributed by atoms with Crippen molar-refractivity contribution in [3.63, 3.8) is 0 Å². The lowest BCUT2D eigenvalue weighted by molar-refractivity contribution is -0.385. The Hall–Kier alpha value is -4.11. The van der Waals surface area contributed by atoms with Gasteiger partial charge in [-0.3, -0.25) is 19.7 Å². The van der Waals surface area contributed by atoms with Crippen molar-refractivity contribution in [2.45, 2.75) is 0 Å². The van der Waals surface area contributed by atoms with E-state index in [0.29, 0.717) is 48.8 Å². The zero-order chi connectivity index (χ0) is 24.9. The highest BCUT2D eigenvalue weighted by Crippen LogP contribution is 2.33. The summed E-state index contributed by atoms with van der Waals surface area (Å²) in [5.74, 6) is 0.745. The van der Waals surface area contributed by atoms with Gasteiger partial charge in [0.25, 0.3) is 11.8 Å². The monoisotopic (exact) mass is 495 g/mol. The highest BCUT2D eigenvalue weighted by atomic mass is 35.5. The number of hydrogen-bond donors (Lipinski definition) is 0. The molecule has 0 aromatic heterocycles. The third kappa shape index (κ3) is 5.52. The average molecular weight is 496 g/mol. The van der Waals surface area contributed by atoms with E-state index in [0.717, 1.165) is 0 Å². The summed E-state index contributed by atoms with van der Waals surface area (Å²) in [6.07, 6.45) is 0. The zero-order valence-electron chi connectivity index (χ0n) is 18.8. The minimum atomic E-state index is -0.572. The van der Waals surface area contributed by atoms with Crippen LogP contribution in [0.1, 0.15) is 20.7 Å². The fourth-order valence-corrected chi connectivity index (χ4v) is 3.91. The van der Waals surface area contributed by atoms with Gasteiger partial charge < -0.3 is 19.3 Å². The van der Waals surface area contributed by atoms with Gasteiger partial charge in [-0.2, -0.15) is 0 Å². The molecule has 1 aliphatic rings. The van der Waals surface area contributed by atoms with Crippen LogP contribution in [0.3, 0.4) is 0 Å². The Morgan fingerprint density at radius 1 is 0.857 bits per heavy atom. The molecule has 0 bridgehead atoms. The van der Waals surface area contributed by atoms with E-state index < -0.39 is 4.92 Å². The molecule has 4 rings (SSSR count). The van der Waals surface area contributed by atoms with E-state index >= 15 is 0 Å². The molecular weight excluding hydrogens is 474 g/mol. The van der Waals surface area contributed by atoms with E-state index in [2.05, 4.69) is 0 Å². The molecule has 1 fully saturated rings. The summed E-state index contributed by atoms with van der Waals surface area (Å²) in [6, 6.07) is 17.5. The summed E-state index contributed by atoms with van der Waals surface area (Å²) in [5.41, 5.74) is 0.746. The van der Waals surface area contributed by atoms with Crippen LogP contribution in [0.25, 0.3) is 0 Å². The SMILES string of the molecule is COc1cccc(C(=O)N2CCN(C(=O)c3ccc(Oc4ccc(Cl)cc4[N+](=O)[O-])cc3)CC2)c1. The van der Waals surface area contributed by atoms with Crippen molar-refractivity contribution in [3.05, 3.63) is 93.0 Å². The van der Waals surface area contributed by atoms with E-state index in [9.17, 15) is 19.7 Å². The number of hydrogen-bond acceptors (Lipinski definition) is 6. The number of benzene rings is 3. The van der Waals surface area contributed by atoms with Crippen molar-refractivity contribution in [2.24, 2.45) is 0 Å². The molecule has 0 N–H and O–H groups in total. The van der Waals surface area contributed by atoms with Crippen LogP contribution < -0.4 is 9.47 Å². The molecule has 0 unspecified atom stereocenters. The summed E-state index contributed by atoms with van der Waals surface area (Å²) < 4.78 is 10.8. The predicted octanol–water partition coefficient (Wildman–Crippen LogP) is 4.65. The number of nitro groups is 1. The standard InChI is InChI=1S/C25H22ClN3O6/c1-34-21-4-2-3-18(15-21)25(31)28-13-11-27(12-14-28)24(30)17-5-8-20(9-6-17)35-23-10-7-19(26)16-22(23)29(32)33/h2-10,15-16H,11-14H2,1H3. The van der Waals surface area contributed by atoms with Crippen LogP contribution in [0, 0.1) is 10.1 Å². The summed E-state index contributed by atoms with van der Waals surface area (Å²) in [5, 5.41) is 11.5. The molecule has 3 aromatic rings. The lowest BCUT2D eigenvalue weighted by Gasteiger charge is -2.35. The van der Waals surface area contributed by atoms with Crippen molar-refractivity contribution in [1.82, 2.24) is 9.80 Å². The first-order valence-electron chi connectivity index (χ1n) is 10.8. The van der Waals surface area contributed by atoms with Crippen molar-refractivity contribution >= 4 is 29.1 Å². The second-order valence-electron chi connectivity index (χ2n) is 7.81. The number of nitro benzene ring substituents is 1. The molecule has 1 saturated heterocycles. The summed E-state index contributed by atoms with van der Waals surface area (Å²) in [7, 11) is 1.55. The zero-order valence-corrected chi connectivity index (χ0v) is 19.6. The molecule has 0 spiro atoms. The minimum Gasteiger partial charge on any atom is -0.497 e. The number of methoxy groups -OCH3 is 1. The van der Waals surface area contributed by atoms with Crippen molar-refractivity contribution in [1.29, 1.82) is 0 Å². The summed E-state index contributed by atoms with van der Waals surface area (Å²) >= 11 is 5.83. The van der Waals surface area contributed by atoms with Gasteiger partial charge >= 0.3 is 5.69 Å². The largest absolute Gasteiger partial charge is 0.497 e. The van der Waals surface area contributed by atoms with Gasteiger partial charge in [-0.1, -0.05) is 17.7 Å². The second kappa shape index (κ2) is 10.4. The van der Waals surface area contributed by atoms with Gasteiger partial charge in [0.2, 0.25) is 5.75 Å². The maximum absolute atomic E-state index is 12.9. The first-order valence-corrected chi connectivity index (χ1v) is 11.2. The number of piperazine rings is 1. The number of ether oxygens (including phenoxy) is 2. The third-order valence-electron chi connectivity index (χ3n) is 5.62. The van der Waals surface area contributed by atoms with E-state index in [1.165, 1.54) is 18.2 Å². The number of carbonyl (C=O) groups is 2. The quantitative estimate of drug-likeness (QED) is 0.364. The number of nitrogens with zero attached hydrogens (tertiary/aromatic N) is 3. The molecule has 0 saturated carbocycles. The Morgan fingerprint density at radius 3 is 2.09 bits per heavy atom. The second-order valence-corrected chi connectivity index (χ2v) is 8.25. The van der Waals surface area contributed by atoms with Crippen molar-refractivity contribution < 1.29 is 24.0 Å². The van der Waals surface area contributed by atoms with E-state index in [1.807, 2.05) is 0 Å². The van der Waals surface area contributed by atoms with E-state index in [1.54, 1.807) is 65.4 Å². The van der Waals surface area contributed by atoms with Gasteiger partial charge in [0.1, 0.15) is 11.5 Å². The fraction of sp³-hybridized carbons (Fsp3) is 0.200. The Bertz CT molecular complexity index is 1260. The number of amides is 2. The summed E-state index contributed by atoms with van der Waals surface area (Å²) in [6.45, 7) is 1.65.